The van der Waals surface area contributed by atoms with Crippen molar-refractivity contribution >= 4 is 15.9 Å². The van der Waals surface area contributed by atoms with Crippen molar-refractivity contribution in [1.29, 1.82) is 0 Å². The molecule has 0 amide bonds. The third-order valence-electron chi connectivity index (χ3n) is 1.47. The van der Waals surface area contributed by atoms with Crippen molar-refractivity contribution in [2.24, 2.45) is 9.98 Å². The lowest BCUT2D eigenvalue weighted by molar-refractivity contribution is 0.0193. The van der Waals surface area contributed by atoms with Crippen LogP contribution in [0.4, 0.5) is 8.78 Å². The van der Waals surface area contributed by atoms with Gasteiger partial charge in [-0.1, -0.05) is 6.07 Å². The van der Waals surface area contributed by atoms with Crippen molar-refractivity contribution < 1.29 is 8.78 Å². The van der Waals surface area contributed by atoms with Crippen molar-refractivity contribution in [3.8, 4) is 0 Å². The van der Waals surface area contributed by atoms with Gasteiger partial charge in [-0.05, 0) is 28.1 Å². The highest BCUT2D eigenvalue weighted by molar-refractivity contribution is 9.10. The molecule has 2 rings (SSSR count). The van der Waals surface area contributed by atoms with Crippen LogP contribution in [0.1, 0.15) is 0 Å². The minimum Gasteiger partial charge on any atom is -0.192 e. The first-order valence-electron chi connectivity index (χ1n) is 3.21. The van der Waals surface area contributed by atoms with Gasteiger partial charge in [0.2, 0.25) is 0 Å². The standard InChI is InChI=1S/C7H3BrF2N2/c8-4-2-1-3-5-6(4)12-7(9,10)11-5/h1-3H. The molecule has 0 aromatic heterocycles. The summed E-state index contributed by atoms with van der Waals surface area (Å²) in [5.74, 6) is 0. The molecular weight excluding hydrogens is 230 g/mol. The molecule has 0 unspecified atom stereocenters. The molecule has 1 aromatic rings. The SMILES string of the molecule is FC1(F)N=c2cccc(Br)c2=N1. The van der Waals surface area contributed by atoms with Gasteiger partial charge in [-0.2, -0.15) is 18.8 Å². The minimum absolute atomic E-state index is 0.225. The Morgan fingerprint density at radius 3 is 2.67 bits per heavy atom. The van der Waals surface area contributed by atoms with Gasteiger partial charge in [0.05, 0.1) is 5.36 Å². The molecule has 0 saturated heterocycles. The second-order valence-electron chi connectivity index (χ2n) is 2.34. The first-order chi connectivity index (χ1) is 5.58. The average Bonchev–Trinajstić information content (AvgIpc) is 2.25. The Labute approximate surface area is 74.8 Å². The van der Waals surface area contributed by atoms with Crippen molar-refractivity contribution in [2.45, 2.75) is 6.17 Å². The number of fused-ring (bicyclic) bond motifs is 1. The Kier molecular flexibility index (Phi) is 1.51. The maximum absolute atomic E-state index is 12.6. The average molecular weight is 233 g/mol. The lowest BCUT2D eigenvalue weighted by Gasteiger charge is -1.95. The molecule has 0 N–H and O–H groups in total. The molecule has 12 heavy (non-hydrogen) atoms. The third-order valence-corrected chi connectivity index (χ3v) is 2.11. The third kappa shape index (κ3) is 1.14. The van der Waals surface area contributed by atoms with E-state index in [1.807, 2.05) is 0 Å². The number of benzene rings is 1. The first-order valence-corrected chi connectivity index (χ1v) is 4.00. The van der Waals surface area contributed by atoms with E-state index < -0.39 is 6.17 Å². The van der Waals surface area contributed by atoms with Crippen molar-refractivity contribution in [3.63, 3.8) is 0 Å². The molecule has 1 aromatic carbocycles. The fraction of sp³-hybridized carbons (Fsp3) is 0.143. The number of alkyl halides is 2. The summed E-state index contributed by atoms with van der Waals surface area (Å²) in [6, 6.07) is 4.80. The second kappa shape index (κ2) is 2.32. The molecule has 1 aliphatic rings. The summed E-state index contributed by atoms with van der Waals surface area (Å²) in [4.78, 5) is 6.25. The second-order valence-corrected chi connectivity index (χ2v) is 3.20. The topological polar surface area (TPSA) is 24.7 Å². The summed E-state index contributed by atoms with van der Waals surface area (Å²) in [5.41, 5.74) is 0. The maximum Gasteiger partial charge on any atom is 0.450 e. The Bertz CT molecular complexity index is 441. The van der Waals surface area contributed by atoms with Gasteiger partial charge in [0.1, 0.15) is 5.36 Å². The van der Waals surface area contributed by atoms with Crippen LogP contribution in [0, 0.1) is 0 Å². The molecule has 2 nitrogen and oxygen atoms in total. The molecule has 1 heterocycles. The van der Waals surface area contributed by atoms with E-state index >= 15 is 0 Å². The zero-order chi connectivity index (χ0) is 8.77. The van der Waals surface area contributed by atoms with Crippen LogP contribution in [0.15, 0.2) is 32.7 Å². The summed E-state index contributed by atoms with van der Waals surface area (Å²) in [6.45, 7) is 0. The molecule has 5 heteroatoms. The van der Waals surface area contributed by atoms with Crippen LogP contribution in [0.25, 0.3) is 0 Å². The predicted molar refractivity (Wildman–Crippen MR) is 41.4 cm³/mol. The number of hydrogen-bond acceptors (Lipinski definition) is 2. The van der Waals surface area contributed by atoms with E-state index in [9.17, 15) is 8.78 Å². The lowest BCUT2D eigenvalue weighted by Crippen LogP contribution is -2.21. The smallest absolute Gasteiger partial charge is 0.192 e. The van der Waals surface area contributed by atoms with Crippen LogP contribution in [0.5, 0.6) is 0 Å². The van der Waals surface area contributed by atoms with Gasteiger partial charge < -0.3 is 0 Å². The highest BCUT2D eigenvalue weighted by Gasteiger charge is 2.29. The van der Waals surface area contributed by atoms with Crippen LogP contribution < -0.4 is 10.7 Å². The van der Waals surface area contributed by atoms with Crippen LogP contribution in [-0.2, 0) is 0 Å². The van der Waals surface area contributed by atoms with E-state index in [0.29, 0.717) is 4.47 Å². The Morgan fingerprint density at radius 2 is 2.00 bits per heavy atom. The van der Waals surface area contributed by atoms with Gasteiger partial charge in [0.15, 0.2) is 0 Å². The molecule has 0 bridgehead atoms. The molecule has 1 aliphatic heterocycles. The Morgan fingerprint density at radius 1 is 1.25 bits per heavy atom. The van der Waals surface area contributed by atoms with Gasteiger partial charge >= 0.3 is 6.17 Å². The van der Waals surface area contributed by atoms with Crippen molar-refractivity contribution in [3.05, 3.63) is 33.4 Å². The van der Waals surface area contributed by atoms with Gasteiger partial charge in [-0.25, -0.2) is 0 Å². The summed E-state index contributed by atoms with van der Waals surface area (Å²) >= 11 is 3.11. The number of para-hydroxylation sites is 1. The molecule has 0 fully saturated rings. The Hall–Kier alpha value is -0.840. The maximum atomic E-state index is 12.6. The monoisotopic (exact) mass is 232 g/mol. The first kappa shape index (κ1) is 7.79. The van der Waals surface area contributed by atoms with Gasteiger partial charge in [0.25, 0.3) is 0 Å². The highest BCUT2D eigenvalue weighted by atomic mass is 79.9. The van der Waals surface area contributed by atoms with E-state index in [-0.39, 0.29) is 10.7 Å². The van der Waals surface area contributed by atoms with Crippen LogP contribution in [0.2, 0.25) is 0 Å². The van der Waals surface area contributed by atoms with Crippen LogP contribution in [0.3, 0.4) is 0 Å². The largest absolute Gasteiger partial charge is 0.450 e. The number of halogens is 3. The molecule has 62 valence electrons. The van der Waals surface area contributed by atoms with E-state index in [0.717, 1.165) is 0 Å². The highest BCUT2D eigenvalue weighted by Crippen LogP contribution is 2.17. The van der Waals surface area contributed by atoms with Gasteiger partial charge in [-0.3, -0.25) is 0 Å². The van der Waals surface area contributed by atoms with Crippen LogP contribution >= 0.6 is 15.9 Å². The van der Waals surface area contributed by atoms with E-state index in [1.165, 1.54) is 6.07 Å². The summed E-state index contributed by atoms with van der Waals surface area (Å²) < 4.78 is 25.7. The van der Waals surface area contributed by atoms with Gasteiger partial charge in [0, 0.05) is 4.47 Å². The lowest BCUT2D eigenvalue weighted by atomic mass is 10.3. The normalized spacial score (nSPS) is 17.9. The van der Waals surface area contributed by atoms with Crippen molar-refractivity contribution in [2.75, 3.05) is 0 Å². The minimum atomic E-state index is -3.29. The predicted octanol–water partition coefficient (Wildman–Crippen LogP) is 1.25. The fourth-order valence-corrected chi connectivity index (χ4v) is 1.45. The molecule has 0 spiro atoms. The summed E-state index contributed by atoms with van der Waals surface area (Å²) in [6.07, 6.45) is -3.29. The number of rotatable bonds is 0. The number of nitrogens with zero attached hydrogens (tertiary/aromatic N) is 2. The quantitative estimate of drug-likeness (QED) is 0.602. The Balaban J connectivity index is 2.86. The summed E-state index contributed by atoms with van der Waals surface area (Å²) in [5, 5.41) is 0.455. The van der Waals surface area contributed by atoms with Gasteiger partial charge in [-0.15, -0.1) is 0 Å². The zero-order valence-corrected chi connectivity index (χ0v) is 7.35. The molecule has 0 radical (unpaired) electrons. The van der Waals surface area contributed by atoms with Crippen molar-refractivity contribution in [1.82, 2.24) is 0 Å². The molecule has 0 atom stereocenters. The molecule has 0 aliphatic carbocycles. The van der Waals surface area contributed by atoms with E-state index in [4.69, 9.17) is 0 Å². The van der Waals surface area contributed by atoms with E-state index in [1.54, 1.807) is 12.1 Å². The zero-order valence-electron chi connectivity index (χ0n) is 5.76. The molecular formula is C7H3BrF2N2. The summed E-state index contributed by atoms with van der Waals surface area (Å²) in [7, 11) is 0. The molecule has 0 saturated carbocycles. The van der Waals surface area contributed by atoms with E-state index in [2.05, 4.69) is 25.9 Å². The fourth-order valence-electron chi connectivity index (χ4n) is 1.01. The van der Waals surface area contributed by atoms with Crippen LogP contribution in [-0.4, -0.2) is 6.17 Å². The number of hydrogen-bond donors (Lipinski definition) is 0.